The van der Waals surface area contributed by atoms with E-state index >= 15 is 0 Å². The molecule has 0 bridgehead atoms. The van der Waals surface area contributed by atoms with Crippen LogP contribution in [0.1, 0.15) is 56.2 Å². The number of imide groups is 1. The van der Waals surface area contributed by atoms with Gasteiger partial charge in [0.25, 0.3) is 0 Å². The van der Waals surface area contributed by atoms with E-state index in [1.54, 1.807) is 0 Å². The molecule has 8 nitrogen and oxygen atoms in total. The number of unbranched alkanes of at least 4 members (excludes halogenated alkanes) is 2. The van der Waals surface area contributed by atoms with Crippen LogP contribution in [0.15, 0.2) is 18.2 Å². The summed E-state index contributed by atoms with van der Waals surface area (Å²) >= 11 is 0. The molecular weight excluding hydrogens is 406 g/mol. The maximum Gasteiger partial charge on any atom is 0.324 e. The van der Waals surface area contributed by atoms with Gasteiger partial charge in [-0.25, -0.2) is 17.9 Å². The Labute approximate surface area is 178 Å². The molecule has 1 saturated carbocycles. The number of nitrogens with zero attached hydrogens (tertiary/aromatic N) is 1. The lowest BCUT2D eigenvalue weighted by molar-refractivity contribution is -0.118. The topological polar surface area (TPSA) is 105 Å². The summed E-state index contributed by atoms with van der Waals surface area (Å²) in [6, 6.07) is 5.03. The minimum absolute atomic E-state index is 0.0272. The van der Waals surface area contributed by atoms with Gasteiger partial charge in [-0.3, -0.25) is 10.1 Å². The first kappa shape index (κ1) is 22.6. The lowest BCUT2D eigenvalue weighted by Crippen LogP contribution is -2.30. The van der Waals surface area contributed by atoms with Gasteiger partial charge in [-0.05, 0) is 62.6 Å². The maximum absolute atomic E-state index is 12.5. The fourth-order valence-electron chi connectivity index (χ4n) is 3.58. The Morgan fingerprint density at radius 1 is 1.23 bits per heavy atom. The summed E-state index contributed by atoms with van der Waals surface area (Å²) in [6.07, 6.45) is 4.26. The summed E-state index contributed by atoms with van der Waals surface area (Å²) in [5.74, 6) is 1.21. The van der Waals surface area contributed by atoms with E-state index in [0.29, 0.717) is 31.7 Å². The third-order valence-electron chi connectivity index (χ3n) is 5.53. The fraction of sp³-hybridized carbons (Fsp3) is 0.619. The van der Waals surface area contributed by atoms with Crippen molar-refractivity contribution in [3.63, 3.8) is 0 Å². The van der Waals surface area contributed by atoms with Gasteiger partial charge in [-0.15, -0.1) is 0 Å². The Bertz CT molecular complexity index is 883. The number of hydrogen-bond donors (Lipinski definition) is 2. The molecule has 1 aliphatic heterocycles. The van der Waals surface area contributed by atoms with E-state index in [4.69, 9.17) is 4.74 Å². The van der Waals surface area contributed by atoms with Crippen LogP contribution in [0.3, 0.4) is 0 Å². The second-order valence-corrected chi connectivity index (χ2v) is 10.1. The highest BCUT2D eigenvalue weighted by Gasteiger charge is 2.26. The molecule has 0 unspecified atom stereocenters. The monoisotopic (exact) mass is 437 g/mol. The average molecular weight is 438 g/mol. The van der Waals surface area contributed by atoms with Crippen molar-refractivity contribution in [1.82, 2.24) is 14.9 Å². The number of urea groups is 1. The van der Waals surface area contributed by atoms with Gasteiger partial charge in [-0.2, -0.15) is 0 Å². The molecule has 2 aliphatic rings. The van der Waals surface area contributed by atoms with E-state index < -0.39 is 10.0 Å². The molecule has 9 heteroatoms. The lowest BCUT2D eigenvalue weighted by atomic mass is 10.0. The summed E-state index contributed by atoms with van der Waals surface area (Å²) in [7, 11) is -3.43. The number of carbonyl (C=O) groups is 2. The number of sulfonamides is 1. The van der Waals surface area contributed by atoms with Crippen molar-refractivity contribution in [3.8, 4) is 5.75 Å². The summed E-state index contributed by atoms with van der Waals surface area (Å²) in [5, 5.41) is 2.23. The minimum atomic E-state index is -3.43. The van der Waals surface area contributed by atoms with E-state index in [2.05, 4.69) is 10.0 Å². The molecule has 0 aromatic heterocycles. The highest BCUT2D eigenvalue weighted by Crippen LogP contribution is 2.32. The van der Waals surface area contributed by atoms with Crippen molar-refractivity contribution in [2.24, 2.45) is 5.92 Å². The summed E-state index contributed by atoms with van der Waals surface area (Å²) in [6.45, 7) is 5.06. The van der Waals surface area contributed by atoms with E-state index in [0.717, 1.165) is 23.5 Å². The van der Waals surface area contributed by atoms with Gasteiger partial charge in [0.05, 0.1) is 12.4 Å². The lowest BCUT2D eigenvalue weighted by Gasteiger charge is -2.19. The quantitative estimate of drug-likeness (QED) is 0.386. The Hall–Kier alpha value is -2.13. The normalized spacial score (nSPS) is 17.9. The van der Waals surface area contributed by atoms with Gasteiger partial charge in [0, 0.05) is 12.6 Å². The summed E-state index contributed by atoms with van der Waals surface area (Å²) < 4.78 is 33.6. The molecule has 0 radical (unpaired) electrons. The molecule has 2 fully saturated rings. The Kier molecular flexibility index (Phi) is 7.36. The first-order chi connectivity index (χ1) is 14.2. The third-order valence-corrected chi connectivity index (χ3v) is 7.07. The van der Waals surface area contributed by atoms with Crippen LogP contribution in [-0.4, -0.2) is 50.7 Å². The zero-order valence-electron chi connectivity index (χ0n) is 17.6. The second-order valence-electron chi connectivity index (χ2n) is 8.22. The molecule has 1 atom stereocenters. The largest absolute Gasteiger partial charge is 0.493 e. The molecule has 1 aromatic rings. The van der Waals surface area contributed by atoms with E-state index in [1.165, 1.54) is 17.7 Å². The number of benzene rings is 1. The Balaban J connectivity index is 1.43. The van der Waals surface area contributed by atoms with Crippen LogP contribution in [0.5, 0.6) is 5.75 Å². The van der Waals surface area contributed by atoms with Crippen LogP contribution < -0.4 is 14.8 Å². The number of nitrogens with one attached hydrogen (secondary N) is 2. The van der Waals surface area contributed by atoms with Crippen LogP contribution in [0.2, 0.25) is 0 Å². The molecule has 30 heavy (non-hydrogen) atoms. The van der Waals surface area contributed by atoms with Crippen LogP contribution in [0.4, 0.5) is 4.79 Å². The molecule has 1 aromatic carbocycles. The molecule has 1 heterocycles. The molecule has 0 spiro atoms. The van der Waals surface area contributed by atoms with Crippen molar-refractivity contribution in [2.45, 2.75) is 52.0 Å². The maximum atomic E-state index is 12.5. The first-order valence-corrected chi connectivity index (χ1v) is 12.2. The standard InChI is InChI=1S/C21H31N3O5S/c1-15-18(7-6-8-19(15)29-14-17-9-10-17)16(2)23-30(27,28)12-5-3-4-11-24-13-20(25)22-21(24)26/h6-8,16-17,23H,3-5,9-14H2,1-2H3,(H,22,25,26)/t16-/m0/s1. The zero-order chi connectivity index (χ0) is 21.7. The highest BCUT2D eigenvalue weighted by molar-refractivity contribution is 7.89. The minimum Gasteiger partial charge on any atom is -0.493 e. The molecule has 166 valence electrons. The van der Waals surface area contributed by atoms with E-state index in [9.17, 15) is 18.0 Å². The first-order valence-electron chi connectivity index (χ1n) is 10.6. The van der Waals surface area contributed by atoms with Crippen LogP contribution in [0, 0.1) is 12.8 Å². The molecule has 2 N–H and O–H groups in total. The van der Waals surface area contributed by atoms with E-state index in [-0.39, 0.29) is 30.3 Å². The van der Waals surface area contributed by atoms with Crippen LogP contribution in [-0.2, 0) is 14.8 Å². The zero-order valence-corrected chi connectivity index (χ0v) is 18.5. The highest BCUT2D eigenvalue weighted by atomic mass is 32.2. The SMILES string of the molecule is Cc1c(OCC2CC2)cccc1[C@H](C)NS(=O)(=O)CCCCCN1CC(=O)NC1=O. The number of amides is 3. The predicted molar refractivity (Wildman–Crippen MR) is 114 cm³/mol. The second kappa shape index (κ2) is 9.78. The van der Waals surface area contributed by atoms with Gasteiger partial charge >= 0.3 is 6.03 Å². The molecule has 1 aliphatic carbocycles. The third kappa shape index (κ3) is 6.43. The van der Waals surface area contributed by atoms with Crippen molar-refractivity contribution in [1.29, 1.82) is 0 Å². The molecular formula is C21H31N3O5S. The summed E-state index contributed by atoms with van der Waals surface area (Å²) in [4.78, 5) is 24.1. The number of rotatable bonds is 12. The van der Waals surface area contributed by atoms with E-state index in [1.807, 2.05) is 32.0 Å². The fourth-order valence-corrected chi connectivity index (χ4v) is 4.94. The van der Waals surface area contributed by atoms with Crippen LogP contribution >= 0.6 is 0 Å². The average Bonchev–Trinajstić information content (AvgIpc) is 3.44. The Morgan fingerprint density at radius 3 is 2.67 bits per heavy atom. The molecule has 3 rings (SSSR count). The number of hydrogen-bond acceptors (Lipinski definition) is 5. The van der Waals surface area contributed by atoms with Gasteiger partial charge in [0.2, 0.25) is 15.9 Å². The van der Waals surface area contributed by atoms with Crippen LogP contribution in [0.25, 0.3) is 0 Å². The smallest absolute Gasteiger partial charge is 0.324 e. The van der Waals surface area contributed by atoms with Gasteiger partial charge in [0.1, 0.15) is 12.3 Å². The predicted octanol–water partition coefficient (Wildman–Crippen LogP) is 2.49. The molecule has 1 saturated heterocycles. The number of carbonyl (C=O) groups excluding carboxylic acids is 2. The van der Waals surface area contributed by atoms with Crippen molar-refractivity contribution >= 4 is 22.0 Å². The number of ether oxygens (including phenoxy) is 1. The van der Waals surface area contributed by atoms with Crippen molar-refractivity contribution in [3.05, 3.63) is 29.3 Å². The van der Waals surface area contributed by atoms with Gasteiger partial charge in [-0.1, -0.05) is 18.6 Å². The Morgan fingerprint density at radius 2 is 2.00 bits per heavy atom. The van der Waals surface area contributed by atoms with Gasteiger partial charge in [0.15, 0.2) is 0 Å². The van der Waals surface area contributed by atoms with Crippen molar-refractivity contribution in [2.75, 3.05) is 25.4 Å². The van der Waals surface area contributed by atoms with Gasteiger partial charge < -0.3 is 9.64 Å². The summed E-state index contributed by atoms with van der Waals surface area (Å²) in [5.41, 5.74) is 1.88. The molecule has 3 amide bonds. The van der Waals surface area contributed by atoms with Crippen molar-refractivity contribution < 1.29 is 22.7 Å².